The van der Waals surface area contributed by atoms with E-state index in [9.17, 15) is 4.39 Å². The number of halogens is 4. The number of rotatable bonds is 2. The fourth-order valence-corrected chi connectivity index (χ4v) is 1.84. The molecule has 1 N–H and O–H groups in total. The fourth-order valence-electron chi connectivity index (χ4n) is 1.20. The minimum absolute atomic E-state index is 0.0956. The van der Waals surface area contributed by atoms with Crippen LogP contribution in [0.3, 0.4) is 0 Å². The molecule has 17 heavy (non-hydrogen) atoms. The van der Waals surface area contributed by atoms with Gasteiger partial charge in [0.2, 0.25) is 5.28 Å². The first-order valence-corrected chi connectivity index (χ1v) is 6.00. The van der Waals surface area contributed by atoms with Gasteiger partial charge < -0.3 is 5.32 Å². The first-order valence-electron chi connectivity index (χ1n) is 4.46. The number of benzene rings is 1. The topological polar surface area (TPSA) is 37.8 Å². The quantitative estimate of drug-likeness (QED) is 0.824. The van der Waals surface area contributed by atoms with E-state index >= 15 is 0 Å². The number of nitrogens with zero attached hydrogens (tertiary/aromatic N) is 2. The zero-order valence-electron chi connectivity index (χ0n) is 8.22. The Hall–Kier alpha value is -0.910. The van der Waals surface area contributed by atoms with Gasteiger partial charge in [0, 0.05) is 16.9 Å². The molecule has 0 bridgehead atoms. The van der Waals surface area contributed by atoms with Crippen LogP contribution in [0.2, 0.25) is 10.3 Å². The van der Waals surface area contributed by atoms with Crippen molar-refractivity contribution in [2.45, 2.75) is 0 Å². The molecule has 0 fully saturated rings. The third-order valence-corrected chi connectivity index (χ3v) is 2.82. The standard InChI is InChI=1S/C10H5BrCl2FN3/c11-8-4-15-10(13)17-9(8)16-7-2-5(12)1-6(14)3-7/h1-4H,(H,15,16,17). The predicted molar refractivity (Wildman–Crippen MR) is 69.4 cm³/mol. The molecule has 88 valence electrons. The van der Waals surface area contributed by atoms with Crippen LogP contribution in [0.25, 0.3) is 0 Å². The minimum atomic E-state index is -0.434. The second kappa shape index (κ2) is 5.16. The summed E-state index contributed by atoms with van der Waals surface area (Å²) in [6.07, 6.45) is 1.50. The average Bonchev–Trinajstić information content (AvgIpc) is 2.22. The summed E-state index contributed by atoms with van der Waals surface area (Å²) in [5.74, 6) is 0.00272. The molecule has 2 rings (SSSR count). The maximum Gasteiger partial charge on any atom is 0.224 e. The SMILES string of the molecule is Fc1cc(Cl)cc(Nc2nc(Cl)ncc2Br)c1. The lowest BCUT2D eigenvalue weighted by Crippen LogP contribution is -1.97. The number of anilines is 2. The molecular weight excluding hydrogens is 332 g/mol. The van der Waals surface area contributed by atoms with E-state index in [1.807, 2.05) is 0 Å². The van der Waals surface area contributed by atoms with Gasteiger partial charge in [-0.1, -0.05) is 11.6 Å². The van der Waals surface area contributed by atoms with Gasteiger partial charge in [-0.25, -0.2) is 9.37 Å². The van der Waals surface area contributed by atoms with Crippen LogP contribution < -0.4 is 5.32 Å². The van der Waals surface area contributed by atoms with E-state index in [1.54, 1.807) is 6.07 Å². The monoisotopic (exact) mass is 335 g/mol. The number of aromatic nitrogens is 2. The second-order valence-electron chi connectivity index (χ2n) is 3.12. The molecule has 7 heteroatoms. The van der Waals surface area contributed by atoms with Crippen molar-refractivity contribution >= 4 is 50.6 Å². The van der Waals surface area contributed by atoms with Crippen LogP contribution in [0.1, 0.15) is 0 Å². The molecule has 3 nitrogen and oxygen atoms in total. The van der Waals surface area contributed by atoms with Crippen LogP contribution in [0.4, 0.5) is 15.9 Å². The molecule has 1 aromatic heterocycles. The summed E-state index contributed by atoms with van der Waals surface area (Å²) in [6.45, 7) is 0. The van der Waals surface area contributed by atoms with E-state index in [1.165, 1.54) is 18.3 Å². The van der Waals surface area contributed by atoms with Crippen LogP contribution in [-0.2, 0) is 0 Å². The second-order valence-corrected chi connectivity index (χ2v) is 4.75. The summed E-state index contributed by atoms with van der Waals surface area (Å²) in [5.41, 5.74) is 0.477. The maximum atomic E-state index is 13.1. The van der Waals surface area contributed by atoms with Gasteiger partial charge in [-0.2, -0.15) is 4.98 Å². The van der Waals surface area contributed by atoms with Gasteiger partial charge in [-0.3, -0.25) is 0 Å². The highest BCUT2D eigenvalue weighted by molar-refractivity contribution is 9.10. The molecule has 0 unspecified atom stereocenters. The summed E-state index contributed by atoms with van der Waals surface area (Å²) in [5, 5.41) is 3.28. The van der Waals surface area contributed by atoms with Gasteiger partial charge in [0.25, 0.3) is 0 Å². The Morgan fingerprint density at radius 3 is 2.71 bits per heavy atom. The molecule has 0 radical (unpaired) electrons. The van der Waals surface area contributed by atoms with Crippen LogP contribution in [-0.4, -0.2) is 9.97 Å². The molecule has 0 saturated heterocycles. The molecule has 0 spiro atoms. The van der Waals surface area contributed by atoms with Crippen LogP contribution in [0.15, 0.2) is 28.9 Å². The van der Waals surface area contributed by atoms with E-state index in [4.69, 9.17) is 23.2 Å². The lowest BCUT2D eigenvalue weighted by Gasteiger charge is -2.07. The summed E-state index contributed by atoms with van der Waals surface area (Å²) < 4.78 is 13.7. The summed E-state index contributed by atoms with van der Waals surface area (Å²) >= 11 is 14.7. The fraction of sp³-hybridized carbons (Fsp3) is 0. The lowest BCUT2D eigenvalue weighted by molar-refractivity contribution is 0.628. The van der Waals surface area contributed by atoms with Gasteiger partial charge in [0.05, 0.1) is 4.47 Å². The number of hydrogen-bond acceptors (Lipinski definition) is 3. The van der Waals surface area contributed by atoms with E-state index in [2.05, 4.69) is 31.2 Å². The first-order chi connectivity index (χ1) is 8.04. The Kier molecular flexibility index (Phi) is 3.81. The van der Waals surface area contributed by atoms with Gasteiger partial charge in [0.15, 0.2) is 0 Å². The van der Waals surface area contributed by atoms with Gasteiger partial charge in [0.1, 0.15) is 11.6 Å². The van der Waals surface area contributed by atoms with Crippen molar-refractivity contribution in [1.29, 1.82) is 0 Å². The van der Waals surface area contributed by atoms with Crippen molar-refractivity contribution in [3.05, 3.63) is 45.0 Å². The number of hydrogen-bond donors (Lipinski definition) is 1. The molecule has 0 amide bonds. The molecule has 1 heterocycles. The Balaban J connectivity index is 2.34. The molecule has 0 aliphatic rings. The van der Waals surface area contributed by atoms with Crippen molar-refractivity contribution in [3.8, 4) is 0 Å². The maximum absolute atomic E-state index is 13.1. The zero-order valence-corrected chi connectivity index (χ0v) is 11.3. The average molecular weight is 337 g/mol. The first kappa shape index (κ1) is 12.5. The summed E-state index contributed by atoms with van der Waals surface area (Å²) in [4.78, 5) is 7.74. The zero-order chi connectivity index (χ0) is 12.4. The highest BCUT2D eigenvalue weighted by Crippen LogP contribution is 2.26. The Labute approximate surface area is 115 Å². The molecule has 0 aliphatic heterocycles. The van der Waals surface area contributed by atoms with Crippen molar-refractivity contribution < 1.29 is 4.39 Å². The van der Waals surface area contributed by atoms with Gasteiger partial charge >= 0.3 is 0 Å². The predicted octanol–water partition coefficient (Wildman–Crippen LogP) is 4.43. The third kappa shape index (κ3) is 3.28. The number of nitrogens with one attached hydrogen (secondary N) is 1. The normalized spacial score (nSPS) is 10.4. The molecule has 1 aromatic carbocycles. The largest absolute Gasteiger partial charge is 0.339 e. The van der Waals surface area contributed by atoms with Crippen LogP contribution in [0.5, 0.6) is 0 Å². The van der Waals surface area contributed by atoms with Crippen molar-refractivity contribution in [2.75, 3.05) is 5.32 Å². The third-order valence-electron chi connectivity index (χ3n) is 1.84. The van der Waals surface area contributed by atoms with Crippen LogP contribution >= 0.6 is 39.1 Å². The van der Waals surface area contributed by atoms with Crippen molar-refractivity contribution in [2.24, 2.45) is 0 Å². The van der Waals surface area contributed by atoms with E-state index in [0.29, 0.717) is 21.0 Å². The summed E-state index contributed by atoms with van der Waals surface area (Å²) in [7, 11) is 0. The molecule has 2 aromatic rings. The van der Waals surface area contributed by atoms with E-state index < -0.39 is 5.82 Å². The molecular formula is C10H5BrCl2FN3. The Morgan fingerprint density at radius 2 is 2.00 bits per heavy atom. The minimum Gasteiger partial charge on any atom is -0.339 e. The van der Waals surface area contributed by atoms with Crippen molar-refractivity contribution in [1.82, 2.24) is 9.97 Å². The molecule has 0 aliphatic carbocycles. The van der Waals surface area contributed by atoms with Gasteiger partial charge in [-0.15, -0.1) is 0 Å². The molecule has 0 saturated carbocycles. The Bertz CT molecular complexity index is 545. The van der Waals surface area contributed by atoms with Crippen LogP contribution in [0, 0.1) is 5.82 Å². The summed E-state index contributed by atoms with van der Waals surface area (Å²) in [6, 6.07) is 4.09. The lowest BCUT2D eigenvalue weighted by atomic mass is 10.3. The van der Waals surface area contributed by atoms with E-state index in [-0.39, 0.29) is 5.28 Å². The van der Waals surface area contributed by atoms with Gasteiger partial charge in [-0.05, 0) is 45.7 Å². The molecule has 0 atom stereocenters. The smallest absolute Gasteiger partial charge is 0.224 e. The Morgan fingerprint density at radius 1 is 1.24 bits per heavy atom. The highest BCUT2D eigenvalue weighted by atomic mass is 79.9. The van der Waals surface area contributed by atoms with Crippen molar-refractivity contribution in [3.63, 3.8) is 0 Å². The van der Waals surface area contributed by atoms with E-state index in [0.717, 1.165) is 0 Å². The highest BCUT2D eigenvalue weighted by Gasteiger charge is 2.06.